The minimum Gasteiger partial charge on any atom is -0.399 e. The highest BCUT2D eigenvalue weighted by molar-refractivity contribution is 6.62. The smallest absolute Gasteiger partial charge is 0.399 e. The Morgan fingerprint density at radius 2 is 1.56 bits per heavy atom. The van der Waals surface area contributed by atoms with Gasteiger partial charge in [-0.25, -0.2) is 0 Å². The molecule has 0 unspecified atom stereocenters. The number of rotatable bonds is 2. The number of benzene rings is 1. The summed E-state index contributed by atoms with van der Waals surface area (Å²) >= 11 is 0. The molecule has 25 heavy (non-hydrogen) atoms. The molecule has 138 valence electrons. The summed E-state index contributed by atoms with van der Waals surface area (Å²) in [4.78, 5) is 0. The molecule has 2 saturated heterocycles. The van der Waals surface area contributed by atoms with Gasteiger partial charge in [0, 0.05) is 13.2 Å². The van der Waals surface area contributed by atoms with Crippen LogP contribution in [0.5, 0.6) is 0 Å². The van der Waals surface area contributed by atoms with E-state index in [1.165, 1.54) is 12.1 Å². The highest BCUT2D eigenvalue weighted by Crippen LogP contribution is 2.39. The Bertz CT molecular complexity index is 621. The van der Waals surface area contributed by atoms with Crippen LogP contribution in [0, 0.1) is 0 Å². The van der Waals surface area contributed by atoms with Crippen LogP contribution in [-0.2, 0) is 20.2 Å². The molecule has 0 aliphatic carbocycles. The molecule has 0 aromatic heterocycles. The van der Waals surface area contributed by atoms with E-state index in [-0.39, 0.29) is 11.4 Å². The Morgan fingerprint density at radius 3 is 2.08 bits per heavy atom. The maximum atomic E-state index is 13.7. The summed E-state index contributed by atoms with van der Waals surface area (Å²) in [6.45, 7) is 8.50. The zero-order chi connectivity index (χ0) is 18.5. The number of ether oxygens (including phenoxy) is 1. The van der Waals surface area contributed by atoms with Gasteiger partial charge in [-0.15, -0.1) is 0 Å². The van der Waals surface area contributed by atoms with Gasteiger partial charge in [0.1, 0.15) is 0 Å². The molecule has 1 aromatic carbocycles. The molecule has 0 spiro atoms. The normalized spacial score (nSPS) is 23.9. The molecule has 0 N–H and O–H groups in total. The first kappa shape index (κ1) is 18.7. The van der Waals surface area contributed by atoms with Crippen LogP contribution >= 0.6 is 0 Å². The van der Waals surface area contributed by atoms with E-state index in [4.69, 9.17) is 14.0 Å². The van der Waals surface area contributed by atoms with Crippen LogP contribution in [0.25, 0.3) is 0 Å². The lowest BCUT2D eigenvalue weighted by Gasteiger charge is -2.32. The third-order valence-corrected chi connectivity index (χ3v) is 5.58. The lowest BCUT2D eigenvalue weighted by molar-refractivity contribution is -0.136. The number of hydrogen-bond donors (Lipinski definition) is 0. The van der Waals surface area contributed by atoms with Gasteiger partial charge >= 0.3 is 13.3 Å². The third kappa shape index (κ3) is 3.59. The zero-order valence-electron chi connectivity index (χ0n) is 15.1. The number of alkyl halides is 3. The van der Waals surface area contributed by atoms with Crippen molar-refractivity contribution < 1.29 is 27.2 Å². The van der Waals surface area contributed by atoms with Gasteiger partial charge in [-0.3, -0.25) is 0 Å². The Labute approximate surface area is 147 Å². The molecule has 0 amide bonds. The summed E-state index contributed by atoms with van der Waals surface area (Å²) in [6.07, 6.45) is -2.97. The van der Waals surface area contributed by atoms with Crippen molar-refractivity contribution in [3.05, 3.63) is 29.3 Å². The van der Waals surface area contributed by atoms with Crippen molar-refractivity contribution in [3.8, 4) is 0 Å². The van der Waals surface area contributed by atoms with Crippen LogP contribution < -0.4 is 5.46 Å². The maximum absolute atomic E-state index is 13.7. The molecule has 0 saturated carbocycles. The fourth-order valence-corrected chi connectivity index (χ4v) is 3.28. The first-order valence-corrected chi connectivity index (χ1v) is 8.66. The van der Waals surface area contributed by atoms with Gasteiger partial charge in [-0.05, 0) is 63.5 Å². The van der Waals surface area contributed by atoms with Crippen molar-refractivity contribution in [1.82, 2.24) is 0 Å². The highest BCUT2D eigenvalue weighted by Gasteiger charge is 2.53. The summed E-state index contributed by atoms with van der Waals surface area (Å²) in [5, 5.41) is 0. The fourth-order valence-electron chi connectivity index (χ4n) is 3.28. The molecule has 2 fully saturated rings. The average Bonchev–Trinajstić information content (AvgIpc) is 2.75. The van der Waals surface area contributed by atoms with Crippen LogP contribution in [0.1, 0.15) is 57.6 Å². The van der Waals surface area contributed by atoms with Crippen molar-refractivity contribution in [2.24, 2.45) is 0 Å². The maximum Gasteiger partial charge on any atom is 0.495 e. The first-order chi connectivity index (χ1) is 11.5. The lowest BCUT2D eigenvalue weighted by atomic mass is 9.74. The average molecular weight is 356 g/mol. The van der Waals surface area contributed by atoms with Gasteiger partial charge in [0.25, 0.3) is 0 Å². The number of halogens is 3. The summed E-state index contributed by atoms with van der Waals surface area (Å²) in [5.74, 6) is 0.0993. The van der Waals surface area contributed by atoms with E-state index >= 15 is 0 Å². The second kappa shape index (κ2) is 6.29. The van der Waals surface area contributed by atoms with Gasteiger partial charge in [0.05, 0.1) is 16.8 Å². The molecule has 1 aromatic rings. The molecular weight excluding hydrogens is 332 g/mol. The molecule has 0 atom stereocenters. The van der Waals surface area contributed by atoms with Crippen LogP contribution in [0.3, 0.4) is 0 Å². The Kier molecular flexibility index (Phi) is 4.71. The van der Waals surface area contributed by atoms with Crippen molar-refractivity contribution in [1.29, 1.82) is 0 Å². The second-order valence-electron chi connectivity index (χ2n) is 7.82. The van der Waals surface area contributed by atoms with Crippen LogP contribution in [0.4, 0.5) is 13.2 Å². The van der Waals surface area contributed by atoms with Crippen LogP contribution in [-0.4, -0.2) is 31.5 Å². The third-order valence-electron chi connectivity index (χ3n) is 5.58. The SMILES string of the molecule is CC1(C)OB(c2ccc(C3CCOCC3)cc2C(F)(F)F)OC1(C)C. The summed E-state index contributed by atoms with van der Waals surface area (Å²) in [5.41, 5.74) is -1.28. The Morgan fingerprint density at radius 1 is 1.00 bits per heavy atom. The molecule has 0 bridgehead atoms. The van der Waals surface area contributed by atoms with E-state index in [1.54, 1.807) is 6.07 Å². The molecule has 0 radical (unpaired) electrons. The zero-order valence-corrected chi connectivity index (χ0v) is 15.1. The van der Waals surface area contributed by atoms with E-state index in [0.717, 1.165) is 12.8 Å². The molecule has 3 nitrogen and oxygen atoms in total. The molecular formula is C18H24BF3O3. The summed E-state index contributed by atoms with van der Waals surface area (Å²) in [7, 11) is -1.02. The van der Waals surface area contributed by atoms with E-state index in [9.17, 15) is 13.2 Å². The minimum absolute atomic E-state index is 0.0435. The standard InChI is InChI=1S/C18H24BF3O3/c1-16(2)17(3,4)25-19(24-16)15-6-5-13(11-14(15)18(20,21)22)12-7-9-23-10-8-12/h5-6,11-12H,7-10H2,1-4H3. The van der Waals surface area contributed by atoms with Crippen molar-refractivity contribution in [2.45, 2.75) is 63.8 Å². The van der Waals surface area contributed by atoms with E-state index in [0.29, 0.717) is 18.8 Å². The fraction of sp³-hybridized carbons (Fsp3) is 0.667. The Hall–Kier alpha value is -1.05. The quantitative estimate of drug-likeness (QED) is 0.753. The Balaban J connectivity index is 1.97. The van der Waals surface area contributed by atoms with E-state index < -0.39 is 30.1 Å². The van der Waals surface area contributed by atoms with E-state index in [1.807, 2.05) is 27.7 Å². The van der Waals surface area contributed by atoms with E-state index in [2.05, 4.69) is 0 Å². The predicted octanol–water partition coefficient (Wildman–Crippen LogP) is 3.90. The van der Waals surface area contributed by atoms with Crippen molar-refractivity contribution in [2.75, 3.05) is 13.2 Å². The first-order valence-electron chi connectivity index (χ1n) is 8.66. The molecule has 2 aliphatic heterocycles. The molecule has 3 rings (SSSR count). The van der Waals surface area contributed by atoms with Crippen LogP contribution in [0.2, 0.25) is 0 Å². The van der Waals surface area contributed by atoms with Gasteiger partial charge in [-0.2, -0.15) is 13.2 Å². The van der Waals surface area contributed by atoms with Crippen molar-refractivity contribution in [3.63, 3.8) is 0 Å². The van der Waals surface area contributed by atoms with Gasteiger partial charge in [0.15, 0.2) is 0 Å². The summed E-state index contributed by atoms with van der Waals surface area (Å²) in [6, 6.07) is 4.54. The molecule has 2 heterocycles. The summed E-state index contributed by atoms with van der Waals surface area (Å²) < 4.78 is 58.1. The topological polar surface area (TPSA) is 27.7 Å². The predicted molar refractivity (Wildman–Crippen MR) is 90.0 cm³/mol. The van der Waals surface area contributed by atoms with Crippen molar-refractivity contribution >= 4 is 12.6 Å². The second-order valence-corrected chi connectivity index (χ2v) is 7.82. The molecule has 7 heteroatoms. The largest absolute Gasteiger partial charge is 0.495 e. The van der Waals surface area contributed by atoms with Gasteiger partial charge in [-0.1, -0.05) is 12.1 Å². The monoisotopic (exact) mass is 356 g/mol. The number of hydrogen-bond acceptors (Lipinski definition) is 3. The molecule has 2 aliphatic rings. The lowest BCUT2D eigenvalue weighted by Crippen LogP contribution is -2.41. The minimum atomic E-state index is -4.46. The van der Waals surface area contributed by atoms with Crippen LogP contribution in [0.15, 0.2) is 18.2 Å². The van der Waals surface area contributed by atoms with Gasteiger partial charge in [0.2, 0.25) is 0 Å². The highest BCUT2D eigenvalue weighted by atomic mass is 19.4. The van der Waals surface area contributed by atoms with Gasteiger partial charge < -0.3 is 14.0 Å².